The Morgan fingerprint density at radius 3 is 1.60 bits per heavy atom. The van der Waals surface area contributed by atoms with Crippen LogP contribution in [0.5, 0.6) is 5.75 Å². The number of esters is 3. The highest BCUT2D eigenvalue weighted by molar-refractivity contribution is 5.91. The first kappa shape index (κ1) is 28.3. The van der Waals surface area contributed by atoms with Gasteiger partial charge in [0.2, 0.25) is 0 Å². The normalized spacial score (nSPS) is 16.0. The van der Waals surface area contributed by atoms with E-state index in [0.29, 0.717) is 46.8 Å². The molecule has 1 aliphatic carbocycles. The number of benzene rings is 4. The standard InChI is InChI=1S/C36H30O6/c1-25-30(20-17-26-18-21-31(22-19-26)40-34(37)27-11-5-2-6-12-27)23-32(41-35(38)28-13-7-3-8-14-28)24-33(25)42-36(39)29-15-9-4-10-16-29/h2-16,18-19,21-25,30H,17,20H2,1H3. The summed E-state index contributed by atoms with van der Waals surface area (Å²) in [6.07, 6.45) is 4.95. The van der Waals surface area contributed by atoms with Gasteiger partial charge in [0, 0.05) is 12.0 Å². The van der Waals surface area contributed by atoms with Gasteiger partial charge in [0.15, 0.2) is 0 Å². The summed E-state index contributed by atoms with van der Waals surface area (Å²) >= 11 is 0. The van der Waals surface area contributed by atoms with Gasteiger partial charge in [-0.05, 0) is 78.9 Å². The monoisotopic (exact) mass is 558 g/mol. The highest BCUT2D eigenvalue weighted by atomic mass is 16.6. The summed E-state index contributed by atoms with van der Waals surface area (Å²) in [7, 11) is 0. The van der Waals surface area contributed by atoms with Crippen molar-refractivity contribution < 1.29 is 28.6 Å². The largest absolute Gasteiger partial charge is 0.427 e. The van der Waals surface area contributed by atoms with E-state index in [0.717, 1.165) is 5.56 Å². The van der Waals surface area contributed by atoms with Crippen molar-refractivity contribution in [2.75, 3.05) is 0 Å². The summed E-state index contributed by atoms with van der Waals surface area (Å²) < 4.78 is 17.0. The van der Waals surface area contributed by atoms with Crippen molar-refractivity contribution in [3.8, 4) is 5.75 Å². The first-order chi connectivity index (χ1) is 20.5. The Morgan fingerprint density at radius 1 is 0.595 bits per heavy atom. The van der Waals surface area contributed by atoms with Crippen LogP contribution < -0.4 is 4.74 Å². The summed E-state index contributed by atoms with van der Waals surface area (Å²) in [5.74, 6) is -0.324. The van der Waals surface area contributed by atoms with E-state index in [4.69, 9.17) is 14.2 Å². The van der Waals surface area contributed by atoms with Crippen molar-refractivity contribution in [1.82, 2.24) is 0 Å². The van der Waals surface area contributed by atoms with Crippen LogP contribution in [0.2, 0.25) is 0 Å². The Morgan fingerprint density at radius 2 is 1.07 bits per heavy atom. The zero-order chi connectivity index (χ0) is 29.3. The van der Waals surface area contributed by atoms with Crippen molar-refractivity contribution in [2.24, 2.45) is 11.8 Å². The predicted molar refractivity (Wildman–Crippen MR) is 159 cm³/mol. The maximum Gasteiger partial charge on any atom is 0.343 e. The van der Waals surface area contributed by atoms with Crippen LogP contribution in [-0.4, -0.2) is 17.9 Å². The summed E-state index contributed by atoms with van der Waals surface area (Å²) in [6.45, 7) is 1.99. The molecule has 0 spiro atoms. The zero-order valence-electron chi connectivity index (χ0n) is 23.1. The first-order valence-corrected chi connectivity index (χ1v) is 13.8. The van der Waals surface area contributed by atoms with E-state index in [1.165, 1.54) is 0 Å². The maximum absolute atomic E-state index is 12.9. The molecular formula is C36H30O6. The number of allylic oxidation sites excluding steroid dienone is 3. The van der Waals surface area contributed by atoms with E-state index in [1.54, 1.807) is 91.0 Å². The molecule has 1 aliphatic rings. The highest BCUT2D eigenvalue weighted by Crippen LogP contribution is 2.34. The number of carbonyl (C=O) groups is 3. The molecule has 0 amide bonds. The van der Waals surface area contributed by atoms with Gasteiger partial charge in [-0.2, -0.15) is 0 Å². The third-order valence-electron chi connectivity index (χ3n) is 7.10. The highest BCUT2D eigenvalue weighted by Gasteiger charge is 2.29. The lowest BCUT2D eigenvalue weighted by Crippen LogP contribution is -2.22. The molecule has 0 bridgehead atoms. The zero-order valence-corrected chi connectivity index (χ0v) is 23.1. The van der Waals surface area contributed by atoms with Gasteiger partial charge < -0.3 is 14.2 Å². The van der Waals surface area contributed by atoms with Crippen LogP contribution in [0.25, 0.3) is 0 Å². The minimum absolute atomic E-state index is 0.0669. The molecule has 0 fully saturated rings. The Labute approximate surface area is 244 Å². The second kappa shape index (κ2) is 13.4. The Bertz CT molecular complexity index is 1590. The molecule has 6 heteroatoms. The molecule has 0 heterocycles. The molecule has 4 aromatic rings. The molecule has 4 aromatic carbocycles. The van der Waals surface area contributed by atoms with Crippen LogP contribution in [0.15, 0.2) is 139 Å². The second-order valence-corrected chi connectivity index (χ2v) is 10.0. The average Bonchev–Trinajstić information content (AvgIpc) is 3.03. The minimum atomic E-state index is -0.485. The van der Waals surface area contributed by atoms with E-state index in [1.807, 2.05) is 43.3 Å². The fraction of sp³-hybridized carbons (Fsp3) is 0.139. The van der Waals surface area contributed by atoms with E-state index in [2.05, 4.69) is 0 Å². The summed E-state index contributed by atoms with van der Waals surface area (Å²) in [4.78, 5) is 38.0. The molecule has 0 aromatic heterocycles. The molecule has 5 rings (SSSR count). The lowest BCUT2D eigenvalue weighted by atomic mass is 9.83. The van der Waals surface area contributed by atoms with Gasteiger partial charge in [-0.3, -0.25) is 0 Å². The van der Waals surface area contributed by atoms with Crippen molar-refractivity contribution in [1.29, 1.82) is 0 Å². The fourth-order valence-corrected chi connectivity index (χ4v) is 4.68. The number of carbonyl (C=O) groups excluding carboxylic acids is 3. The molecule has 0 radical (unpaired) electrons. The molecule has 6 nitrogen and oxygen atoms in total. The third-order valence-corrected chi connectivity index (χ3v) is 7.10. The van der Waals surface area contributed by atoms with Crippen LogP contribution in [0.3, 0.4) is 0 Å². The molecule has 0 saturated heterocycles. The summed E-state index contributed by atoms with van der Waals surface area (Å²) in [5, 5.41) is 0. The lowest BCUT2D eigenvalue weighted by Gasteiger charge is -2.27. The lowest BCUT2D eigenvalue weighted by molar-refractivity contribution is 0.0560. The molecule has 0 saturated carbocycles. The molecule has 42 heavy (non-hydrogen) atoms. The molecular weight excluding hydrogens is 528 g/mol. The smallest absolute Gasteiger partial charge is 0.343 e. The number of hydrogen-bond acceptors (Lipinski definition) is 6. The quantitative estimate of drug-likeness (QED) is 0.156. The van der Waals surface area contributed by atoms with E-state index >= 15 is 0 Å². The molecule has 210 valence electrons. The molecule has 2 unspecified atom stereocenters. The van der Waals surface area contributed by atoms with E-state index in [-0.39, 0.29) is 11.8 Å². The van der Waals surface area contributed by atoms with Crippen molar-refractivity contribution in [3.05, 3.63) is 161 Å². The summed E-state index contributed by atoms with van der Waals surface area (Å²) in [6, 6.07) is 33.8. The van der Waals surface area contributed by atoms with Crippen LogP contribution in [0.1, 0.15) is 50.0 Å². The Hall–Kier alpha value is -5.23. The van der Waals surface area contributed by atoms with Gasteiger partial charge in [0.05, 0.1) is 16.7 Å². The fourth-order valence-electron chi connectivity index (χ4n) is 4.68. The second-order valence-electron chi connectivity index (χ2n) is 10.0. The average molecular weight is 559 g/mol. The van der Waals surface area contributed by atoms with Crippen molar-refractivity contribution in [2.45, 2.75) is 19.8 Å². The van der Waals surface area contributed by atoms with Gasteiger partial charge >= 0.3 is 17.9 Å². The van der Waals surface area contributed by atoms with Gasteiger partial charge in [-0.25, -0.2) is 14.4 Å². The van der Waals surface area contributed by atoms with Crippen molar-refractivity contribution >= 4 is 17.9 Å². The Balaban J connectivity index is 1.28. The number of hydrogen-bond donors (Lipinski definition) is 0. The number of ether oxygens (including phenoxy) is 3. The number of aryl methyl sites for hydroxylation is 1. The Kier molecular flexibility index (Phi) is 9.04. The van der Waals surface area contributed by atoms with Gasteiger partial charge in [-0.1, -0.05) is 73.7 Å². The van der Waals surface area contributed by atoms with Crippen LogP contribution in [0.4, 0.5) is 0 Å². The molecule has 2 atom stereocenters. The third kappa shape index (κ3) is 7.29. The molecule has 0 aliphatic heterocycles. The summed E-state index contributed by atoms with van der Waals surface area (Å²) in [5.41, 5.74) is 2.40. The molecule has 0 N–H and O–H groups in total. The van der Waals surface area contributed by atoms with Crippen molar-refractivity contribution in [3.63, 3.8) is 0 Å². The van der Waals surface area contributed by atoms with E-state index in [9.17, 15) is 14.4 Å². The van der Waals surface area contributed by atoms with Crippen LogP contribution in [-0.2, 0) is 15.9 Å². The van der Waals surface area contributed by atoms with Gasteiger partial charge in [-0.15, -0.1) is 0 Å². The van der Waals surface area contributed by atoms with Crippen LogP contribution in [0, 0.1) is 11.8 Å². The first-order valence-electron chi connectivity index (χ1n) is 13.8. The topological polar surface area (TPSA) is 78.9 Å². The van der Waals surface area contributed by atoms with Gasteiger partial charge in [0.1, 0.15) is 17.3 Å². The van der Waals surface area contributed by atoms with Gasteiger partial charge in [0.25, 0.3) is 0 Å². The van der Waals surface area contributed by atoms with Crippen LogP contribution >= 0.6 is 0 Å². The number of rotatable bonds is 9. The predicted octanol–water partition coefficient (Wildman–Crippen LogP) is 7.59. The minimum Gasteiger partial charge on any atom is -0.427 e. The SMILES string of the molecule is CC1C(OC(=O)c2ccccc2)=CC(OC(=O)c2ccccc2)=CC1CCc1ccc(OC(=O)c2ccccc2)cc1. The maximum atomic E-state index is 12.9. The van der Waals surface area contributed by atoms with E-state index < -0.39 is 17.9 Å².